The molecule has 0 saturated carbocycles. The minimum atomic E-state index is -4.09. The quantitative estimate of drug-likeness (QED) is 0.784. The van der Waals surface area contributed by atoms with E-state index in [1.807, 2.05) is 0 Å². The Morgan fingerprint density at radius 2 is 2.00 bits per heavy atom. The van der Waals surface area contributed by atoms with Crippen LogP contribution < -0.4 is 5.32 Å². The molecule has 21 heavy (non-hydrogen) atoms. The number of halogens is 1. The van der Waals surface area contributed by atoms with Crippen LogP contribution in [0.15, 0.2) is 23.1 Å². The lowest BCUT2D eigenvalue weighted by Crippen LogP contribution is -2.39. The summed E-state index contributed by atoms with van der Waals surface area (Å²) in [7, 11) is -2.72. The van der Waals surface area contributed by atoms with Gasteiger partial charge in [-0.05, 0) is 18.2 Å². The normalized spacial score (nSPS) is 11.4. The van der Waals surface area contributed by atoms with Crippen LogP contribution in [-0.4, -0.2) is 49.8 Å². The highest BCUT2D eigenvalue weighted by atomic mass is 32.2. The van der Waals surface area contributed by atoms with Gasteiger partial charge < -0.3 is 10.4 Å². The van der Waals surface area contributed by atoms with E-state index in [-0.39, 0.29) is 11.4 Å². The van der Waals surface area contributed by atoms with E-state index in [2.05, 4.69) is 5.32 Å². The van der Waals surface area contributed by atoms with Gasteiger partial charge >= 0.3 is 5.97 Å². The molecule has 1 aromatic carbocycles. The van der Waals surface area contributed by atoms with Crippen LogP contribution in [0.5, 0.6) is 0 Å². The lowest BCUT2D eigenvalue weighted by Gasteiger charge is -2.19. The molecule has 0 atom stereocenters. The van der Waals surface area contributed by atoms with Crippen molar-refractivity contribution in [2.75, 3.05) is 20.1 Å². The van der Waals surface area contributed by atoms with Crippen LogP contribution >= 0.6 is 0 Å². The van der Waals surface area contributed by atoms with E-state index in [1.54, 1.807) is 0 Å². The van der Waals surface area contributed by atoms with Crippen molar-refractivity contribution in [3.63, 3.8) is 0 Å². The SMILES string of the molecule is CCN(CC(=O)NC)S(=O)(=O)c1ccc(F)c(C(=O)O)c1. The first kappa shape index (κ1) is 17.1. The topological polar surface area (TPSA) is 104 Å². The van der Waals surface area contributed by atoms with E-state index in [0.717, 1.165) is 22.5 Å². The number of carboxylic acid groups (broad SMARTS) is 1. The maximum absolute atomic E-state index is 13.3. The highest BCUT2D eigenvalue weighted by molar-refractivity contribution is 7.89. The fourth-order valence-corrected chi connectivity index (χ4v) is 3.02. The number of carboxylic acids is 1. The van der Waals surface area contributed by atoms with Crippen molar-refractivity contribution in [2.45, 2.75) is 11.8 Å². The zero-order valence-electron chi connectivity index (χ0n) is 11.5. The van der Waals surface area contributed by atoms with E-state index in [1.165, 1.54) is 14.0 Å². The minimum absolute atomic E-state index is 0.00946. The molecule has 1 rings (SSSR count). The van der Waals surface area contributed by atoms with Crippen LogP contribution in [0.1, 0.15) is 17.3 Å². The first-order valence-corrected chi connectivity index (χ1v) is 7.41. The summed E-state index contributed by atoms with van der Waals surface area (Å²) in [6.45, 7) is 1.13. The number of rotatable bonds is 6. The molecule has 116 valence electrons. The molecule has 0 saturated heterocycles. The van der Waals surface area contributed by atoms with E-state index >= 15 is 0 Å². The number of carbonyl (C=O) groups excluding carboxylic acids is 1. The Morgan fingerprint density at radius 3 is 2.48 bits per heavy atom. The number of hydrogen-bond acceptors (Lipinski definition) is 4. The van der Waals surface area contributed by atoms with E-state index < -0.39 is 39.8 Å². The first-order valence-electron chi connectivity index (χ1n) is 5.97. The molecule has 0 aromatic heterocycles. The average molecular weight is 318 g/mol. The van der Waals surface area contributed by atoms with Gasteiger partial charge in [-0.25, -0.2) is 17.6 Å². The molecular formula is C12H15FN2O5S. The summed E-state index contributed by atoms with van der Waals surface area (Å²) in [5.74, 6) is -3.12. The highest BCUT2D eigenvalue weighted by Crippen LogP contribution is 2.19. The maximum atomic E-state index is 13.3. The summed E-state index contributed by atoms with van der Waals surface area (Å²) in [5.41, 5.74) is -0.743. The largest absolute Gasteiger partial charge is 0.478 e. The van der Waals surface area contributed by atoms with E-state index in [0.29, 0.717) is 0 Å². The van der Waals surface area contributed by atoms with Crippen LogP contribution in [0.4, 0.5) is 4.39 Å². The van der Waals surface area contributed by atoms with Crippen LogP contribution in [0.3, 0.4) is 0 Å². The molecule has 0 aliphatic heterocycles. The monoisotopic (exact) mass is 318 g/mol. The number of amides is 1. The number of carbonyl (C=O) groups is 2. The lowest BCUT2D eigenvalue weighted by molar-refractivity contribution is -0.120. The molecule has 9 heteroatoms. The number of sulfonamides is 1. The summed E-state index contributed by atoms with van der Waals surface area (Å²) in [6.07, 6.45) is 0. The number of nitrogens with zero attached hydrogens (tertiary/aromatic N) is 1. The van der Waals surface area contributed by atoms with Gasteiger partial charge in [-0.3, -0.25) is 4.79 Å². The fraction of sp³-hybridized carbons (Fsp3) is 0.333. The van der Waals surface area contributed by atoms with Gasteiger partial charge in [0.05, 0.1) is 17.0 Å². The Kier molecular flexibility index (Phi) is 5.39. The minimum Gasteiger partial charge on any atom is -0.478 e. The Labute approximate surface area is 121 Å². The van der Waals surface area contributed by atoms with Crippen molar-refractivity contribution in [1.82, 2.24) is 9.62 Å². The predicted molar refractivity (Wildman–Crippen MR) is 71.9 cm³/mol. The lowest BCUT2D eigenvalue weighted by atomic mass is 10.2. The van der Waals surface area contributed by atoms with E-state index in [9.17, 15) is 22.4 Å². The van der Waals surface area contributed by atoms with Crippen molar-refractivity contribution in [1.29, 1.82) is 0 Å². The predicted octanol–water partition coefficient (Wildman–Crippen LogP) is 0.281. The van der Waals surface area contributed by atoms with Crippen molar-refractivity contribution in [3.8, 4) is 0 Å². The van der Waals surface area contributed by atoms with Gasteiger partial charge in [0.25, 0.3) is 0 Å². The molecular weight excluding hydrogens is 303 g/mol. The molecule has 0 spiro atoms. The number of likely N-dealkylation sites (N-methyl/N-ethyl adjacent to an activating group) is 2. The zero-order chi connectivity index (χ0) is 16.2. The molecule has 1 aromatic rings. The molecule has 0 aliphatic carbocycles. The van der Waals surface area contributed by atoms with Crippen LogP contribution in [0.25, 0.3) is 0 Å². The van der Waals surface area contributed by atoms with Gasteiger partial charge in [0.15, 0.2) is 0 Å². The molecule has 0 radical (unpaired) electrons. The summed E-state index contributed by atoms with van der Waals surface area (Å²) in [5, 5.41) is 11.1. The third kappa shape index (κ3) is 3.76. The summed E-state index contributed by atoms with van der Waals surface area (Å²) in [6, 6.07) is 2.47. The van der Waals surface area contributed by atoms with Crippen molar-refractivity contribution < 1.29 is 27.5 Å². The highest BCUT2D eigenvalue weighted by Gasteiger charge is 2.26. The van der Waals surface area contributed by atoms with Gasteiger partial charge in [0, 0.05) is 13.6 Å². The summed E-state index contributed by atoms with van der Waals surface area (Å²) in [4.78, 5) is 21.8. The third-order valence-electron chi connectivity index (χ3n) is 2.76. The second kappa shape index (κ2) is 6.64. The Morgan fingerprint density at radius 1 is 1.38 bits per heavy atom. The van der Waals surface area contributed by atoms with Gasteiger partial charge in [-0.1, -0.05) is 6.92 Å². The molecule has 0 fully saturated rings. The average Bonchev–Trinajstić information content (AvgIpc) is 2.43. The van der Waals surface area contributed by atoms with Crippen molar-refractivity contribution in [2.24, 2.45) is 0 Å². The Hall–Kier alpha value is -2.00. The van der Waals surface area contributed by atoms with Gasteiger partial charge in [-0.15, -0.1) is 0 Å². The van der Waals surface area contributed by atoms with E-state index in [4.69, 9.17) is 5.11 Å². The molecule has 0 bridgehead atoms. The third-order valence-corrected chi connectivity index (χ3v) is 4.67. The second-order valence-electron chi connectivity index (χ2n) is 4.05. The van der Waals surface area contributed by atoms with Crippen molar-refractivity contribution >= 4 is 21.9 Å². The van der Waals surface area contributed by atoms with Gasteiger partial charge in [-0.2, -0.15) is 4.31 Å². The standard InChI is InChI=1S/C12H15FN2O5S/c1-3-15(7-11(16)14-2)21(19,20)8-4-5-10(13)9(6-8)12(17)18/h4-6H,3,7H2,1-2H3,(H,14,16)(H,17,18). The molecule has 1 amide bonds. The molecule has 0 heterocycles. The second-order valence-corrected chi connectivity index (χ2v) is 5.99. The first-order chi connectivity index (χ1) is 9.73. The number of aromatic carboxylic acids is 1. The van der Waals surface area contributed by atoms with Crippen molar-refractivity contribution in [3.05, 3.63) is 29.6 Å². The Bertz CT molecular complexity index is 660. The smallest absolute Gasteiger partial charge is 0.338 e. The van der Waals surface area contributed by atoms with Crippen LogP contribution in [0.2, 0.25) is 0 Å². The summed E-state index contributed by atoms with van der Waals surface area (Å²) < 4.78 is 38.8. The van der Waals surface area contributed by atoms with Gasteiger partial charge in [0.1, 0.15) is 5.82 Å². The number of hydrogen-bond donors (Lipinski definition) is 2. The molecule has 0 unspecified atom stereocenters. The zero-order valence-corrected chi connectivity index (χ0v) is 12.3. The van der Waals surface area contributed by atoms with Gasteiger partial charge in [0.2, 0.25) is 15.9 Å². The molecule has 0 aliphatic rings. The van der Waals surface area contributed by atoms with Crippen LogP contribution in [-0.2, 0) is 14.8 Å². The number of benzene rings is 1. The Balaban J connectivity index is 3.26. The fourth-order valence-electron chi connectivity index (χ4n) is 1.58. The maximum Gasteiger partial charge on any atom is 0.338 e. The summed E-state index contributed by atoms with van der Waals surface area (Å²) >= 11 is 0. The van der Waals surface area contributed by atoms with Crippen LogP contribution in [0, 0.1) is 5.82 Å². The molecule has 2 N–H and O–H groups in total. The molecule has 7 nitrogen and oxygen atoms in total. The number of nitrogens with one attached hydrogen (secondary N) is 1.